The van der Waals surface area contributed by atoms with Crippen LogP contribution in [0.25, 0.3) is 0 Å². The van der Waals surface area contributed by atoms with Crippen LogP contribution in [0, 0.1) is 11.8 Å². The molecule has 5 heteroatoms. The summed E-state index contributed by atoms with van der Waals surface area (Å²) in [7, 11) is 0. The van der Waals surface area contributed by atoms with E-state index in [2.05, 4.69) is 19.2 Å². The van der Waals surface area contributed by atoms with Crippen LogP contribution in [0.4, 0.5) is 4.79 Å². The number of piperidine rings is 1. The van der Waals surface area contributed by atoms with Gasteiger partial charge in [-0.25, -0.2) is 4.79 Å². The van der Waals surface area contributed by atoms with Crippen LogP contribution in [0.3, 0.4) is 0 Å². The van der Waals surface area contributed by atoms with Crippen LogP contribution in [0.2, 0.25) is 0 Å². The maximum absolute atomic E-state index is 12.5. The first kappa shape index (κ1) is 18.6. The predicted octanol–water partition coefficient (Wildman–Crippen LogP) is 3.03. The molecule has 0 saturated carbocycles. The van der Waals surface area contributed by atoms with Gasteiger partial charge in [-0.1, -0.05) is 32.0 Å². The second kappa shape index (κ2) is 9.52. The number of carbonyl (C=O) groups excluding carboxylic acids is 1. The number of amides is 2. The van der Waals surface area contributed by atoms with E-state index in [0.29, 0.717) is 24.1 Å². The normalized spacial score (nSPS) is 17.8. The van der Waals surface area contributed by atoms with Crippen molar-refractivity contribution in [2.24, 2.45) is 11.8 Å². The molecule has 1 fully saturated rings. The lowest BCUT2D eigenvalue weighted by atomic mass is 9.90. The lowest BCUT2D eigenvalue weighted by Crippen LogP contribution is -2.45. The fourth-order valence-electron chi connectivity index (χ4n) is 3.34. The van der Waals surface area contributed by atoms with E-state index in [1.165, 1.54) is 12.8 Å². The largest absolute Gasteiger partial charge is 0.491 e. The number of urea groups is 1. The molecule has 1 saturated heterocycles. The van der Waals surface area contributed by atoms with Gasteiger partial charge in [-0.2, -0.15) is 0 Å². The van der Waals surface area contributed by atoms with Crippen LogP contribution in [0.15, 0.2) is 24.3 Å². The molecule has 0 aliphatic carbocycles. The molecule has 1 aromatic rings. The van der Waals surface area contributed by atoms with Gasteiger partial charge in [0.2, 0.25) is 0 Å². The maximum atomic E-state index is 12.5. The van der Waals surface area contributed by atoms with E-state index in [1.807, 2.05) is 29.2 Å². The zero-order valence-electron chi connectivity index (χ0n) is 14.8. The van der Waals surface area contributed by atoms with Gasteiger partial charge in [-0.15, -0.1) is 0 Å². The zero-order chi connectivity index (χ0) is 17.4. The van der Waals surface area contributed by atoms with Gasteiger partial charge in [0.1, 0.15) is 12.4 Å². The standard InChI is InChI=1S/C19H30N2O3/c1-15(2)12-16-6-5-9-21(14-16)19(23)20-13-17-7-3-4-8-18(17)24-11-10-22/h3-4,7-8,15-16,22H,5-6,9-14H2,1-2H3,(H,20,23). The van der Waals surface area contributed by atoms with E-state index in [1.54, 1.807) is 0 Å². The number of carbonyl (C=O) groups is 1. The number of benzene rings is 1. The summed E-state index contributed by atoms with van der Waals surface area (Å²) in [5.74, 6) is 2.00. The molecule has 1 heterocycles. The molecule has 2 amide bonds. The van der Waals surface area contributed by atoms with Gasteiger partial charge in [-0.3, -0.25) is 0 Å². The molecule has 2 rings (SSSR count). The molecular formula is C19H30N2O3. The van der Waals surface area contributed by atoms with Crippen molar-refractivity contribution in [3.8, 4) is 5.75 Å². The third-order valence-corrected chi connectivity index (χ3v) is 4.36. The summed E-state index contributed by atoms with van der Waals surface area (Å²) >= 11 is 0. The Labute approximate surface area is 145 Å². The molecule has 1 aliphatic heterocycles. The minimum Gasteiger partial charge on any atom is -0.491 e. The highest BCUT2D eigenvalue weighted by molar-refractivity contribution is 5.74. The van der Waals surface area contributed by atoms with Crippen molar-refractivity contribution < 1.29 is 14.6 Å². The number of likely N-dealkylation sites (tertiary alicyclic amines) is 1. The molecule has 1 aliphatic rings. The molecule has 2 N–H and O–H groups in total. The average Bonchev–Trinajstić information content (AvgIpc) is 2.58. The molecule has 0 radical (unpaired) electrons. The number of aliphatic hydroxyl groups is 1. The topological polar surface area (TPSA) is 61.8 Å². The van der Waals surface area contributed by atoms with Crippen molar-refractivity contribution in [3.63, 3.8) is 0 Å². The zero-order valence-corrected chi connectivity index (χ0v) is 14.8. The first-order valence-corrected chi connectivity index (χ1v) is 8.94. The number of aliphatic hydroxyl groups excluding tert-OH is 1. The third kappa shape index (κ3) is 5.71. The minimum atomic E-state index is -0.0221. The number of para-hydroxylation sites is 1. The summed E-state index contributed by atoms with van der Waals surface area (Å²) in [4.78, 5) is 14.4. The summed E-state index contributed by atoms with van der Waals surface area (Å²) in [5, 5.41) is 11.9. The van der Waals surface area contributed by atoms with Crippen LogP contribution in [-0.4, -0.2) is 42.3 Å². The fourth-order valence-corrected chi connectivity index (χ4v) is 3.34. The Hall–Kier alpha value is -1.75. The molecule has 24 heavy (non-hydrogen) atoms. The first-order chi connectivity index (χ1) is 11.6. The molecule has 1 aromatic carbocycles. The number of hydrogen-bond donors (Lipinski definition) is 2. The van der Waals surface area contributed by atoms with Crippen molar-refractivity contribution in [1.29, 1.82) is 0 Å². The van der Waals surface area contributed by atoms with E-state index in [4.69, 9.17) is 9.84 Å². The number of hydrogen-bond acceptors (Lipinski definition) is 3. The van der Waals surface area contributed by atoms with Gasteiger partial charge in [0.15, 0.2) is 0 Å². The van der Waals surface area contributed by atoms with Crippen LogP contribution >= 0.6 is 0 Å². The van der Waals surface area contributed by atoms with Gasteiger partial charge in [0.25, 0.3) is 0 Å². The van der Waals surface area contributed by atoms with Gasteiger partial charge in [0, 0.05) is 25.2 Å². The van der Waals surface area contributed by atoms with Crippen molar-refractivity contribution in [2.45, 2.75) is 39.7 Å². The van der Waals surface area contributed by atoms with Gasteiger partial charge >= 0.3 is 6.03 Å². The van der Waals surface area contributed by atoms with Crippen molar-refractivity contribution >= 4 is 6.03 Å². The third-order valence-electron chi connectivity index (χ3n) is 4.36. The van der Waals surface area contributed by atoms with Crippen LogP contribution in [0.5, 0.6) is 5.75 Å². The Morgan fingerprint density at radius 3 is 2.96 bits per heavy atom. The second-order valence-electron chi connectivity index (χ2n) is 6.92. The molecular weight excluding hydrogens is 304 g/mol. The highest BCUT2D eigenvalue weighted by atomic mass is 16.5. The molecule has 0 aromatic heterocycles. The lowest BCUT2D eigenvalue weighted by Gasteiger charge is -2.33. The SMILES string of the molecule is CC(C)CC1CCCN(C(=O)NCc2ccccc2OCCO)C1. The summed E-state index contributed by atoms with van der Waals surface area (Å²) < 4.78 is 5.51. The molecule has 1 atom stereocenters. The summed E-state index contributed by atoms with van der Waals surface area (Å²) in [6.07, 6.45) is 3.49. The maximum Gasteiger partial charge on any atom is 0.317 e. The Morgan fingerprint density at radius 2 is 2.21 bits per heavy atom. The monoisotopic (exact) mass is 334 g/mol. The van der Waals surface area contributed by atoms with Gasteiger partial charge in [0.05, 0.1) is 6.61 Å². The van der Waals surface area contributed by atoms with E-state index in [-0.39, 0.29) is 19.2 Å². The summed E-state index contributed by atoms with van der Waals surface area (Å²) in [6, 6.07) is 7.61. The smallest absolute Gasteiger partial charge is 0.317 e. The molecule has 1 unspecified atom stereocenters. The highest BCUT2D eigenvalue weighted by Gasteiger charge is 2.24. The predicted molar refractivity (Wildman–Crippen MR) is 95.0 cm³/mol. The van der Waals surface area contributed by atoms with Gasteiger partial charge < -0.3 is 20.1 Å². The van der Waals surface area contributed by atoms with Gasteiger partial charge in [-0.05, 0) is 37.2 Å². The van der Waals surface area contributed by atoms with E-state index in [0.717, 1.165) is 25.1 Å². The second-order valence-corrected chi connectivity index (χ2v) is 6.92. The molecule has 0 spiro atoms. The highest BCUT2D eigenvalue weighted by Crippen LogP contribution is 2.23. The van der Waals surface area contributed by atoms with Crippen molar-refractivity contribution in [3.05, 3.63) is 29.8 Å². The van der Waals surface area contributed by atoms with E-state index >= 15 is 0 Å². The summed E-state index contributed by atoms with van der Waals surface area (Å²) in [5.41, 5.74) is 0.926. The number of nitrogens with zero attached hydrogens (tertiary/aromatic N) is 1. The van der Waals surface area contributed by atoms with Crippen LogP contribution < -0.4 is 10.1 Å². The Balaban J connectivity index is 1.86. The van der Waals surface area contributed by atoms with Crippen molar-refractivity contribution in [2.75, 3.05) is 26.3 Å². The quantitative estimate of drug-likeness (QED) is 0.806. The average molecular weight is 334 g/mol. The Bertz CT molecular complexity index is 519. The number of rotatable bonds is 7. The Kier molecular flexibility index (Phi) is 7.37. The van der Waals surface area contributed by atoms with E-state index in [9.17, 15) is 4.79 Å². The molecule has 5 nitrogen and oxygen atoms in total. The summed E-state index contributed by atoms with van der Waals surface area (Å²) in [6.45, 7) is 6.84. The fraction of sp³-hybridized carbons (Fsp3) is 0.632. The lowest BCUT2D eigenvalue weighted by molar-refractivity contribution is 0.157. The Morgan fingerprint density at radius 1 is 1.42 bits per heavy atom. The van der Waals surface area contributed by atoms with Crippen molar-refractivity contribution in [1.82, 2.24) is 10.2 Å². The van der Waals surface area contributed by atoms with E-state index < -0.39 is 0 Å². The molecule has 134 valence electrons. The molecule has 0 bridgehead atoms. The minimum absolute atomic E-state index is 0.000386. The van der Waals surface area contributed by atoms with Crippen LogP contribution in [0.1, 0.15) is 38.7 Å². The first-order valence-electron chi connectivity index (χ1n) is 8.94. The number of nitrogens with one attached hydrogen (secondary N) is 1. The number of ether oxygens (including phenoxy) is 1. The van der Waals surface area contributed by atoms with Crippen LogP contribution in [-0.2, 0) is 6.54 Å².